The van der Waals surface area contributed by atoms with Gasteiger partial charge in [-0.1, -0.05) is 31.9 Å². The Morgan fingerprint density at radius 1 is 1.25 bits per heavy atom. The standard InChI is InChI=1S/C8H9Br2NO/c9-6-1-5(8(12)4-11)2-7(10)3-6/h1-3,8,12H,4,11H2/t8-/m1/s1. The van der Waals surface area contributed by atoms with Crippen molar-refractivity contribution in [3.8, 4) is 0 Å². The Hall–Kier alpha value is 0.1000. The number of halogens is 2. The van der Waals surface area contributed by atoms with E-state index in [1.807, 2.05) is 18.2 Å². The first-order valence-electron chi connectivity index (χ1n) is 3.47. The molecule has 0 aliphatic heterocycles. The molecule has 1 atom stereocenters. The third-order valence-electron chi connectivity index (χ3n) is 1.49. The molecule has 0 aromatic heterocycles. The fraction of sp³-hybridized carbons (Fsp3) is 0.250. The fourth-order valence-corrected chi connectivity index (χ4v) is 2.23. The van der Waals surface area contributed by atoms with Crippen molar-refractivity contribution in [1.82, 2.24) is 0 Å². The summed E-state index contributed by atoms with van der Waals surface area (Å²) in [6.07, 6.45) is -0.584. The molecule has 0 saturated heterocycles. The molecule has 0 fully saturated rings. The van der Waals surface area contributed by atoms with Gasteiger partial charge in [-0.25, -0.2) is 0 Å². The van der Waals surface area contributed by atoms with Gasteiger partial charge in [-0.15, -0.1) is 0 Å². The lowest BCUT2D eigenvalue weighted by Gasteiger charge is -2.08. The molecule has 3 N–H and O–H groups in total. The Morgan fingerprint density at radius 3 is 2.17 bits per heavy atom. The highest BCUT2D eigenvalue weighted by atomic mass is 79.9. The van der Waals surface area contributed by atoms with E-state index in [0.29, 0.717) is 0 Å². The van der Waals surface area contributed by atoms with Gasteiger partial charge in [0.2, 0.25) is 0 Å². The van der Waals surface area contributed by atoms with Crippen molar-refractivity contribution in [1.29, 1.82) is 0 Å². The summed E-state index contributed by atoms with van der Waals surface area (Å²) in [7, 11) is 0. The zero-order chi connectivity index (χ0) is 9.14. The summed E-state index contributed by atoms with van der Waals surface area (Å²) >= 11 is 6.66. The number of rotatable bonds is 2. The third-order valence-corrected chi connectivity index (χ3v) is 2.41. The Morgan fingerprint density at radius 2 is 1.75 bits per heavy atom. The van der Waals surface area contributed by atoms with Crippen LogP contribution in [0.15, 0.2) is 27.1 Å². The molecule has 0 spiro atoms. The van der Waals surface area contributed by atoms with Crippen molar-refractivity contribution >= 4 is 31.9 Å². The highest BCUT2D eigenvalue weighted by molar-refractivity contribution is 9.11. The summed E-state index contributed by atoms with van der Waals surface area (Å²) in [6, 6.07) is 5.61. The second-order valence-corrected chi connectivity index (χ2v) is 4.29. The largest absolute Gasteiger partial charge is 0.387 e. The maximum absolute atomic E-state index is 9.41. The predicted octanol–water partition coefficient (Wildman–Crippen LogP) is 2.20. The van der Waals surface area contributed by atoms with Gasteiger partial charge >= 0.3 is 0 Å². The average molecular weight is 295 g/mol. The summed E-state index contributed by atoms with van der Waals surface area (Å²) < 4.78 is 1.86. The Bertz CT molecular complexity index is 258. The van der Waals surface area contributed by atoms with Crippen molar-refractivity contribution in [2.75, 3.05) is 6.54 Å². The van der Waals surface area contributed by atoms with E-state index in [0.717, 1.165) is 14.5 Å². The summed E-state index contributed by atoms with van der Waals surface area (Å²) in [5, 5.41) is 9.41. The predicted molar refractivity (Wildman–Crippen MR) is 55.9 cm³/mol. The van der Waals surface area contributed by atoms with Crippen molar-refractivity contribution in [2.45, 2.75) is 6.10 Å². The van der Waals surface area contributed by atoms with E-state index in [2.05, 4.69) is 31.9 Å². The minimum Gasteiger partial charge on any atom is -0.387 e. The third kappa shape index (κ3) is 2.55. The second kappa shape index (κ2) is 4.37. The van der Waals surface area contributed by atoms with Crippen LogP contribution < -0.4 is 5.73 Å². The van der Waals surface area contributed by atoms with Gasteiger partial charge in [0.05, 0.1) is 6.10 Å². The molecule has 1 aromatic carbocycles. The van der Waals surface area contributed by atoms with Crippen LogP contribution in [0.5, 0.6) is 0 Å². The molecule has 0 amide bonds. The molecule has 0 unspecified atom stereocenters. The van der Waals surface area contributed by atoms with E-state index in [1.54, 1.807) is 0 Å². The number of nitrogens with two attached hydrogens (primary N) is 1. The molecule has 0 aliphatic rings. The lowest BCUT2D eigenvalue weighted by atomic mass is 10.1. The zero-order valence-corrected chi connectivity index (χ0v) is 9.47. The van der Waals surface area contributed by atoms with Gasteiger partial charge in [0.25, 0.3) is 0 Å². The second-order valence-electron chi connectivity index (χ2n) is 2.45. The van der Waals surface area contributed by atoms with E-state index in [-0.39, 0.29) is 6.54 Å². The Balaban J connectivity index is 3.00. The molecule has 0 bridgehead atoms. The highest BCUT2D eigenvalue weighted by Gasteiger charge is 2.05. The molecule has 66 valence electrons. The van der Waals surface area contributed by atoms with Crippen molar-refractivity contribution in [2.24, 2.45) is 5.73 Å². The summed E-state index contributed by atoms with van der Waals surface area (Å²) in [4.78, 5) is 0. The normalized spacial score (nSPS) is 13.0. The lowest BCUT2D eigenvalue weighted by Crippen LogP contribution is -2.11. The molecular formula is C8H9Br2NO. The van der Waals surface area contributed by atoms with Crippen LogP contribution in [-0.4, -0.2) is 11.7 Å². The Labute approximate surface area is 88.0 Å². The maximum atomic E-state index is 9.41. The minimum atomic E-state index is -0.584. The number of aliphatic hydroxyl groups excluding tert-OH is 1. The molecule has 12 heavy (non-hydrogen) atoms. The number of hydrogen-bond acceptors (Lipinski definition) is 2. The van der Waals surface area contributed by atoms with Crippen LogP contribution >= 0.6 is 31.9 Å². The quantitative estimate of drug-likeness (QED) is 0.878. The van der Waals surface area contributed by atoms with E-state index in [1.165, 1.54) is 0 Å². The summed E-state index contributed by atoms with van der Waals surface area (Å²) in [5.74, 6) is 0. The van der Waals surface area contributed by atoms with E-state index in [4.69, 9.17) is 5.73 Å². The van der Waals surface area contributed by atoms with Crippen LogP contribution in [0, 0.1) is 0 Å². The smallest absolute Gasteiger partial charge is 0.0913 e. The van der Waals surface area contributed by atoms with Gasteiger partial charge in [0.1, 0.15) is 0 Å². The van der Waals surface area contributed by atoms with Crippen molar-refractivity contribution in [3.63, 3.8) is 0 Å². The highest BCUT2D eigenvalue weighted by Crippen LogP contribution is 2.23. The monoisotopic (exact) mass is 293 g/mol. The van der Waals surface area contributed by atoms with Crippen LogP contribution in [0.3, 0.4) is 0 Å². The van der Waals surface area contributed by atoms with Crippen LogP contribution in [0.4, 0.5) is 0 Å². The van der Waals surface area contributed by atoms with Crippen molar-refractivity contribution < 1.29 is 5.11 Å². The van der Waals surface area contributed by atoms with Crippen LogP contribution in [0.1, 0.15) is 11.7 Å². The first kappa shape index (κ1) is 10.2. The first-order valence-corrected chi connectivity index (χ1v) is 5.06. The summed E-state index contributed by atoms with van der Waals surface area (Å²) in [5.41, 5.74) is 6.14. The fourth-order valence-electron chi connectivity index (χ4n) is 0.904. The molecule has 0 radical (unpaired) electrons. The van der Waals surface area contributed by atoms with Gasteiger partial charge in [0.15, 0.2) is 0 Å². The first-order chi connectivity index (χ1) is 5.63. The van der Waals surface area contributed by atoms with Crippen molar-refractivity contribution in [3.05, 3.63) is 32.7 Å². The summed E-state index contributed by atoms with van der Waals surface area (Å²) in [6.45, 7) is 0.239. The molecule has 0 heterocycles. The van der Waals surface area contributed by atoms with Crippen LogP contribution in [0.25, 0.3) is 0 Å². The van der Waals surface area contributed by atoms with Gasteiger partial charge in [-0.05, 0) is 23.8 Å². The molecule has 2 nitrogen and oxygen atoms in total. The molecule has 1 aromatic rings. The van der Waals surface area contributed by atoms with Gasteiger partial charge in [-0.2, -0.15) is 0 Å². The number of benzene rings is 1. The van der Waals surface area contributed by atoms with Crippen LogP contribution in [-0.2, 0) is 0 Å². The number of hydrogen-bond donors (Lipinski definition) is 2. The zero-order valence-electron chi connectivity index (χ0n) is 6.30. The van der Waals surface area contributed by atoms with E-state index >= 15 is 0 Å². The Kier molecular flexibility index (Phi) is 3.71. The molecular weight excluding hydrogens is 286 g/mol. The van der Waals surface area contributed by atoms with Gasteiger partial charge < -0.3 is 10.8 Å². The molecule has 0 aliphatic carbocycles. The van der Waals surface area contributed by atoms with Gasteiger partial charge in [0, 0.05) is 15.5 Å². The van der Waals surface area contributed by atoms with Gasteiger partial charge in [-0.3, -0.25) is 0 Å². The molecule has 4 heteroatoms. The minimum absolute atomic E-state index is 0.239. The number of aliphatic hydroxyl groups is 1. The SMILES string of the molecule is NC[C@@H](O)c1cc(Br)cc(Br)c1. The molecule has 1 rings (SSSR count). The average Bonchev–Trinajstić information content (AvgIpc) is 2.01. The molecule has 0 saturated carbocycles. The van der Waals surface area contributed by atoms with Crippen LogP contribution in [0.2, 0.25) is 0 Å². The topological polar surface area (TPSA) is 46.2 Å². The van der Waals surface area contributed by atoms with E-state index in [9.17, 15) is 5.11 Å². The van der Waals surface area contributed by atoms with E-state index < -0.39 is 6.10 Å². The maximum Gasteiger partial charge on any atom is 0.0913 e. The lowest BCUT2D eigenvalue weighted by molar-refractivity contribution is 0.186.